The van der Waals surface area contributed by atoms with E-state index in [2.05, 4.69) is 5.32 Å². The van der Waals surface area contributed by atoms with Crippen molar-refractivity contribution in [3.05, 3.63) is 65.2 Å². The highest BCUT2D eigenvalue weighted by atomic mass is 16.5. The summed E-state index contributed by atoms with van der Waals surface area (Å²) in [7, 11) is 1.52. The molecule has 2 aromatic rings. The first-order valence-corrected chi connectivity index (χ1v) is 8.31. The molecule has 3 N–H and O–H groups in total. The molecular formula is C20H26N2O3. The zero-order chi connectivity index (χ0) is 18.2. The number of amides is 1. The van der Waals surface area contributed by atoms with Gasteiger partial charge in [0.25, 0.3) is 0 Å². The zero-order valence-corrected chi connectivity index (χ0v) is 15.0. The summed E-state index contributed by atoms with van der Waals surface area (Å²) in [5.41, 5.74) is 8.92. The first kappa shape index (κ1) is 19.0. The molecule has 5 heteroatoms. The highest BCUT2D eigenvalue weighted by molar-refractivity contribution is 5.82. The highest BCUT2D eigenvalue weighted by Gasteiger charge is 2.20. The lowest BCUT2D eigenvalue weighted by Crippen LogP contribution is -2.46. The smallest absolute Gasteiger partial charge is 0.239 e. The largest absolute Gasteiger partial charge is 0.491 e. The number of aryl methyl sites for hydroxylation is 2. The molecule has 1 amide bonds. The van der Waals surface area contributed by atoms with Crippen molar-refractivity contribution in [1.82, 2.24) is 5.32 Å². The van der Waals surface area contributed by atoms with E-state index in [0.29, 0.717) is 6.61 Å². The predicted octanol–water partition coefficient (Wildman–Crippen LogP) is 2.51. The molecule has 0 fully saturated rings. The van der Waals surface area contributed by atoms with Crippen molar-refractivity contribution in [2.75, 3.05) is 20.3 Å². The number of hydrogen-bond donors (Lipinski definition) is 2. The minimum absolute atomic E-state index is 0.172. The van der Waals surface area contributed by atoms with Crippen molar-refractivity contribution < 1.29 is 14.3 Å². The van der Waals surface area contributed by atoms with Gasteiger partial charge in [-0.3, -0.25) is 4.79 Å². The Morgan fingerprint density at radius 1 is 1.04 bits per heavy atom. The Morgan fingerprint density at radius 2 is 1.68 bits per heavy atom. The number of rotatable bonds is 8. The van der Waals surface area contributed by atoms with Gasteiger partial charge >= 0.3 is 0 Å². The Morgan fingerprint density at radius 3 is 2.28 bits per heavy atom. The van der Waals surface area contributed by atoms with Gasteiger partial charge in [-0.2, -0.15) is 0 Å². The molecule has 2 aromatic carbocycles. The second-order valence-electron chi connectivity index (χ2n) is 6.07. The molecule has 0 saturated carbocycles. The van der Waals surface area contributed by atoms with Crippen molar-refractivity contribution in [3.63, 3.8) is 0 Å². The van der Waals surface area contributed by atoms with Crippen molar-refractivity contribution in [3.8, 4) is 5.75 Å². The fourth-order valence-electron chi connectivity index (χ4n) is 2.63. The average Bonchev–Trinajstić information content (AvgIpc) is 2.61. The van der Waals surface area contributed by atoms with E-state index in [1.165, 1.54) is 7.11 Å². The number of nitrogens with one attached hydrogen (secondary N) is 1. The van der Waals surface area contributed by atoms with E-state index < -0.39 is 6.04 Å². The summed E-state index contributed by atoms with van der Waals surface area (Å²) in [5, 5.41) is 2.96. The SMILES string of the molecule is COCC(N)C(=O)NC(COc1c(C)cccc1C)c1ccccc1. The third-order valence-electron chi connectivity index (χ3n) is 4.00. The highest BCUT2D eigenvalue weighted by Crippen LogP contribution is 2.24. The molecule has 0 aliphatic heterocycles. The van der Waals surface area contributed by atoms with Crippen LogP contribution in [-0.4, -0.2) is 32.3 Å². The van der Waals surface area contributed by atoms with Gasteiger partial charge in [0.2, 0.25) is 5.91 Å². The van der Waals surface area contributed by atoms with E-state index in [0.717, 1.165) is 22.4 Å². The van der Waals surface area contributed by atoms with Crippen LogP contribution in [0, 0.1) is 13.8 Å². The maximum Gasteiger partial charge on any atom is 0.239 e. The van der Waals surface area contributed by atoms with Crippen molar-refractivity contribution in [2.24, 2.45) is 5.73 Å². The van der Waals surface area contributed by atoms with Crippen LogP contribution >= 0.6 is 0 Å². The van der Waals surface area contributed by atoms with Crippen molar-refractivity contribution in [2.45, 2.75) is 25.9 Å². The molecule has 2 atom stereocenters. The van der Waals surface area contributed by atoms with E-state index in [4.69, 9.17) is 15.2 Å². The second kappa shape index (κ2) is 9.20. The van der Waals surface area contributed by atoms with Gasteiger partial charge in [0.05, 0.1) is 12.6 Å². The Kier molecular flexibility index (Phi) is 6.98. The molecule has 2 unspecified atom stereocenters. The van der Waals surface area contributed by atoms with E-state index >= 15 is 0 Å². The lowest BCUT2D eigenvalue weighted by Gasteiger charge is -2.23. The van der Waals surface area contributed by atoms with Gasteiger partial charge in [-0.1, -0.05) is 48.5 Å². The number of ether oxygens (including phenoxy) is 2. The van der Waals surface area contributed by atoms with Gasteiger partial charge in [-0.25, -0.2) is 0 Å². The van der Waals surface area contributed by atoms with Crippen LogP contribution in [0.15, 0.2) is 48.5 Å². The summed E-state index contributed by atoms with van der Waals surface area (Å²) in [5.74, 6) is 0.583. The fourth-order valence-corrected chi connectivity index (χ4v) is 2.63. The number of para-hydroxylation sites is 1. The van der Waals surface area contributed by atoms with Crippen molar-refractivity contribution >= 4 is 5.91 Å². The van der Waals surface area contributed by atoms with Crippen LogP contribution in [0.4, 0.5) is 0 Å². The molecule has 2 rings (SSSR count). The lowest BCUT2D eigenvalue weighted by molar-refractivity contribution is -0.124. The normalized spacial score (nSPS) is 13.1. The predicted molar refractivity (Wildman–Crippen MR) is 98.6 cm³/mol. The maximum absolute atomic E-state index is 12.3. The molecule has 0 aliphatic rings. The Balaban J connectivity index is 2.14. The monoisotopic (exact) mass is 342 g/mol. The van der Waals surface area contributed by atoms with Crippen LogP contribution < -0.4 is 15.8 Å². The number of methoxy groups -OCH3 is 1. The molecule has 0 spiro atoms. The van der Waals surface area contributed by atoms with Gasteiger partial charge in [-0.05, 0) is 30.5 Å². The minimum atomic E-state index is -0.712. The van der Waals surface area contributed by atoms with Crippen LogP contribution in [0.5, 0.6) is 5.75 Å². The third-order valence-corrected chi connectivity index (χ3v) is 4.00. The minimum Gasteiger partial charge on any atom is -0.491 e. The number of carbonyl (C=O) groups excluding carboxylic acids is 1. The fraction of sp³-hybridized carbons (Fsp3) is 0.350. The Labute approximate surface area is 149 Å². The zero-order valence-electron chi connectivity index (χ0n) is 15.0. The van der Waals surface area contributed by atoms with Crippen LogP contribution in [0.2, 0.25) is 0 Å². The summed E-state index contributed by atoms with van der Waals surface area (Å²) in [6.07, 6.45) is 0. The summed E-state index contributed by atoms with van der Waals surface area (Å²) < 4.78 is 11.0. The lowest BCUT2D eigenvalue weighted by atomic mass is 10.1. The van der Waals surface area contributed by atoms with Crippen LogP contribution in [0.3, 0.4) is 0 Å². The molecule has 25 heavy (non-hydrogen) atoms. The Bertz CT molecular complexity index is 668. The second-order valence-corrected chi connectivity index (χ2v) is 6.07. The topological polar surface area (TPSA) is 73.6 Å². The van der Waals surface area contributed by atoms with Crippen LogP contribution in [0.25, 0.3) is 0 Å². The molecule has 0 saturated heterocycles. The van der Waals surface area contributed by atoms with Gasteiger partial charge in [-0.15, -0.1) is 0 Å². The number of carbonyl (C=O) groups is 1. The van der Waals surface area contributed by atoms with E-state index in [1.807, 2.05) is 62.4 Å². The summed E-state index contributed by atoms with van der Waals surface area (Å²) in [6, 6.07) is 14.7. The van der Waals surface area contributed by atoms with Gasteiger partial charge in [0.15, 0.2) is 0 Å². The summed E-state index contributed by atoms with van der Waals surface area (Å²) in [6.45, 7) is 4.51. The number of benzene rings is 2. The first-order valence-electron chi connectivity index (χ1n) is 8.31. The molecule has 0 bridgehead atoms. The molecule has 0 aliphatic carbocycles. The number of hydrogen-bond acceptors (Lipinski definition) is 4. The van der Waals surface area contributed by atoms with E-state index in [9.17, 15) is 4.79 Å². The standard InChI is InChI=1S/C20H26N2O3/c1-14-8-7-9-15(2)19(14)25-13-18(16-10-5-4-6-11-16)22-20(23)17(21)12-24-3/h4-11,17-18H,12-13,21H2,1-3H3,(H,22,23). The van der Waals surface area contributed by atoms with Gasteiger partial charge in [0, 0.05) is 7.11 Å². The van der Waals surface area contributed by atoms with Crippen LogP contribution in [0.1, 0.15) is 22.7 Å². The van der Waals surface area contributed by atoms with Crippen molar-refractivity contribution in [1.29, 1.82) is 0 Å². The summed E-state index contributed by atoms with van der Waals surface area (Å²) in [4.78, 5) is 12.3. The molecule has 0 aromatic heterocycles. The molecule has 134 valence electrons. The van der Waals surface area contributed by atoms with Gasteiger partial charge in [0.1, 0.15) is 18.4 Å². The third kappa shape index (κ3) is 5.31. The van der Waals surface area contributed by atoms with E-state index in [1.54, 1.807) is 0 Å². The maximum atomic E-state index is 12.3. The molecule has 0 heterocycles. The van der Waals surface area contributed by atoms with Gasteiger partial charge < -0.3 is 20.5 Å². The molecule has 5 nitrogen and oxygen atoms in total. The average molecular weight is 342 g/mol. The van der Waals surface area contributed by atoms with Crippen LogP contribution in [-0.2, 0) is 9.53 Å². The quantitative estimate of drug-likeness (QED) is 0.773. The Hall–Kier alpha value is -2.37. The molecule has 0 radical (unpaired) electrons. The first-order chi connectivity index (χ1) is 12.0. The van der Waals surface area contributed by atoms with E-state index in [-0.39, 0.29) is 18.6 Å². The molecular weight excluding hydrogens is 316 g/mol. The summed E-state index contributed by atoms with van der Waals surface area (Å²) >= 11 is 0. The number of nitrogens with two attached hydrogens (primary N) is 1.